The maximum absolute atomic E-state index is 14.0. The second kappa shape index (κ2) is 8.71. The van der Waals surface area contributed by atoms with Crippen molar-refractivity contribution < 1.29 is 17.6 Å². The van der Waals surface area contributed by atoms with E-state index in [0.717, 1.165) is 4.47 Å². The molecule has 1 heterocycles. The van der Waals surface area contributed by atoms with Gasteiger partial charge in [0.15, 0.2) is 0 Å². The minimum atomic E-state index is -3.63. The number of halogens is 2. The van der Waals surface area contributed by atoms with Crippen molar-refractivity contribution in [1.82, 2.24) is 9.21 Å². The van der Waals surface area contributed by atoms with Crippen LogP contribution in [0, 0.1) is 11.7 Å². The zero-order valence-electron chi connectivity index (χ0n) is 15.5. The number of sulfonamides is 1. The van der Waals surface area contributed by atoms with Crippen LogP contribution in [-0.4, -0.2) is 43.7 Å². The molecule has 3 rings (SSSR count). The monoisotopic (exact) mass is 468 g/mol. The normalized spacial score (nSPS) is 18.0. The first kappa shape index (κ1) is 21.0. The Morgan fingerprint density at radius 2 is 1.96 bits per heavy atom. The quantitative estimate of drug-likeness (QED) is 0.672. The Kier molecular flexibility index (Phi) is 6.52. The zero-order valence-corrected chi connectivity index (χ0v) is 17.9. The molecule has 0 radical (unpaired) electrons. The molecule has 0 bridgehead atoms. The van der Waals surface area contributed by atoms with Crippen molar-refractivity contribution >= 4 is 31.9 Å². The van der Waals surface area contributed by atoms with E-state index in [1.807, 2.05) is 0 Å². The fourth-order valence-corrected chi connectivity index (χ4v) is 5.37. The largest absolute Gasteiger partial charge is 0.341 e. The molecule has 2 aromatic rings. The highest BCUT2D eigenvalue weighted by Gasteiger charge is 2.34. The fraction of sp³-hybridized carbons (Fsp3) is 0.350. The predicted molar refractivity (Wildman–Crippen MR) is 108 cm³/mol. The summed E-state index contributed by atoms with van der Waals surface area (Å²) in [7, 11) is -2.01. The summed E-state index contributed by atoms with van der Waals surface area (Å²) < 4.78 is 41.8. The molecule has 5 nitrogen and oxygen atoms in total. The van der Waals surface area contributed by atoms with Crippen LogP contribution in [-0.2, 0) is 21.4 Å². The summed E-state index contributed by atoms with van der Waals surface area (Å²) in [6.07, 6.45) is 1.23. The minimum Gasteiger partial charge on any atom is -0.341 e. The minimum absolute atomic E-state index is 0.131. The van der Waals surface area contributed by atoms with Gasteiger partial charge in [-0.15, -0.1) is 0 Å². The van der Waals surface area contributed by atoms with Crippen LogP contribution in [0.15, 0.2) is 57.9 Å². The van der Waals surface area contributed by atoms with E-state index in [1.54, 1.807) is 49.5 Å². The van der Waals surface area contributed by atoms with Crippen LogP contribution >= 0.6 is 15.9 Å². The van der Waals surface area contributed by atoms with E-state index in [4.69, 9.17) is 0 Å². The molecule has 0 saturated carbocycles. The van der Waals surface area contributed by atoms with E-state index in [1.165, 1.54) is 15.3 Å². The number of amides is 1. The van der Waals surface area contributed by atoms with Crippen LogP contribution in [0.4, 0.5) is 4.39 Å². The molecule has 28 heavy (non-hydrogen) atoms. The molecular formula is C20H22BrFN2O3S. The Bertz CT molecular complexity index is 953. The highest BCUT2D eigenvalue weighted by atomic mass is 79.9. The summed E-state index contributed by atoms with van der Waals surface area (Å²) in [6.45, 7) is 0.665. The smallest absolute Gasteiger partial charge is 0.243 e. The van der Waals surface area contributed by atoms with Crippen LogP contribution in [0.5, 0.6) is 0 Å². The average molecular weight is 469 g/mol. The Morgan fingerprint density at radius 3 is 2.68 bits per heavy atom. The van der Waals surface area contributed by atoms with Crippen molar-refractivity contribution in [3.63, 3.8) is 0 Å². The van der Waals surface area contributed by atoms with Gasteiger partial charge in [-0.05, 0) is 43.2 Å². The second-order valence-electron chi connectivity index (χ2n) is 6.95. The van der Waals surface area contributed by atoms with Crippen LogP contribution in [0.2, 0.25) is 0 Å². The maximum Gasteiger partial charge on any atom is 0.243 e. The lowest BCUT2D eigenvalue weighted by molar-refractivity contribution is -0.135. The molecule has 0 N–H and O–H groups in total. The number of rotatable bonds is 5. The van der Waals surface area contributed by atoms with E-state index in [0.29, 0.717) is 24.9 Å². The number of benzene rings is 2. The first-order chi connectivity index (χ1) is 13.3. The lowest BCUT2D eigenvalue weighted by atomic mass is 9.98. The Morgan fingerprint density at radius 1 is 1.25 bits per heavy atom. The van der Waals surface area contributed by atoms with Gasteiger partial charge in [-0.1, -0.05) is 34.1 Å². The van der Waals surface area contributed by atoms with Gasteiger partial charge in [0.1, 0.15) is 5.82 Å². The van der Waals surface area contributed by atoms with Gasteiger partial charge in [0.2, 0.25) is 15.9 Å². The molecule has 1 atom stereocenters. The highest BCUT2D eigenvalue weighted by Crippen LogP contribution is 2.25. The van der Waals surface area contributed by atoms with Gasteiger partial charge in [-0.2, -0.15) is 4.31 Å². The molecule has 150 valence electrons. The van der Waals surface area contributed by atoms with Gasteiger partial charge in [0.05, 0.1) is 10.8 Å². The number of nitrogens with zero attached hydrogens (tertiary/aromatic N) is 2. The topological polar surface area (TPSA) is 57.7 Å². The number of carbonyl (C=O) groups excluding carboxylic acids is 1. The summed E-state index contributed by atoms with van der Waals surface area (Å²) >= 11 is 3.31. The molecule has 1 unspecified atom stereocenters. The summed E-state index contributed by atoms with van der Waals surface area (Å²) in [5.74, 6) is -0.987. The summed E-state index contributed by atoms with van der Waals surface area (Å²) in [4.78, 5) is 14.6. The Balaban J connectivity index is 1.71. The molecule has 0 aromatic heterocycles. The highest BCUT2D eigenvalue weighted by molar-refractivity contribution is 9.10. The van der Waals surface area contributed by atoms with Crippen molar-refractivity contribution in [3.05, 3.63) is 64.4 Å². The van der Waals surface area contributed by atoms with Crippen molar-refractivity contribution in [3.8, 4) is 0 Å². The van der Waals surface area contributed by atoms with Crippen molar-refractivity contribution in [2.24, 2.45) is 5.92 Å². The first-order valence-electron chi connectivity index (χ1n) is 9.03. The molecule has 1 aliphatic rings. The maximum atomic E-state index is 14.0. The van der Waals surface area contributed by atoms with Gasteiger partial charge < -0.3 is 4.90 Å². The molecule has 1 aliphatic heterocycles. The molecular weight excluding hydrogens is 447 g/mol. The zero-order chi connectivity index (χ0) is 20.3. The molecule has 8 heteroatoms. The first-order valence-corrected chi connectivity index (χ1v) is 11.3. The van der Waals surface area contributed by atoms with Crippen LogP contribution in [0.1, 0.15) is 18.4 Å². The van der Waals surface area contributed by atoms with Gasteiger partial charge in [-0.25, -0.2) is 12.8 Å². The molecule has 0 aliphatic carbocycles. The standard InChI is InChI=1S/C20H22BrFN2O3S/c1-23(13-16-12-17(21)9-10-19(16)22)20(25)15-6-5-11-24(14-15)28(26,27)18-7-3-2-4-8-18/h2-4,7-10,12,15H,5-6,11,13-14H2,1H3. The number of hydrogen-bond acceptors (Lipinski definition) is 3. The molecule has 1 amide bonds. The summed E-state index contributed by atoms with van der Waals surface area (Å²) in [5.41, 5.74) is 0.412. The molecule has 1 fully saturated rings. The predicted octanol–water partition coefficient (Wildman–Crippen LogP) is 3.65. The SMILES string of the molecule is CN(Cc1cc(Br)ccc1F)C(=O)C1CCCN(S(=O)(=O)c2ccccc2)C1. The van der Waals surface area contributed by atoms with E-state index in [2.05, 4.69) is 15.9 Å². The van der Waals surface area contributed by atoms with Crippen molar-refractivity contribution in [2.75, 3.05) is 20.1 Å². The summed E-state index contributed by atoms with van der Waals surface area (Å²) in [6, 6.07) is 12.8. The van der Waals surface area contributed by atoms with Gasteiger partial charge in [0.25, 0.3) is 0 Å². The Labute approximate surface area is 173 Å². The van der Waals surface area contributed by atoms with Gasteiger partial charge >= 0.3 is 0 Å². The summed E-state index contributed by atoms with van der Waals surface area (Å²) in [5, 5.41) is 0. The van der Waals surface area contributed by atoms with Crippen molar-refractivity contribution in [1.29, 1.82) is 0 Å². The van der Waals surface area contributed by atoms with E-state index < -0.39 is 15.9 Å². The van der Waals surface area contributed by atoms with Crippen LogP contribution < -0.4 is 0 Å². The van der Waals surface area contributed by atoms with Crippen LogP contribution in [0.25, 0.3) is 0 Å². The van der Waals surface area contributed by atoms with Gasteiger partial charge in [-0.3, -0.25) is 4.79 Å². The molecule has 0 spiro atoms. The van der Waals surface area contributed by atoms with Gasteiger partial charge in [0, 0.05) is 36.7 Å². The van der Waals surface area contributed by atoms with E-state index in [-0.39, 0.29) is 29.7 Å². The fourth-order valence-electron chi connectivity index (χ4n) is 3.41. The van der Waals surface area contributed by atoms with E-state index in [9.17, 15) is 17.6 Å². The lowest BCUT2D eigenvalue weighted by Gasteiger charge is -2.33. The third-order valence-electron chi connectivity index (χ3n) is 4.91. The lowest BCUT2D eigenvalue weighted by Crippen LogP contribution is -2.45. The molecule has 2 aromatic carbocycles. The molecule has 1 saturated heterocycles. The third kappa shape index (κ3) is 4.61. The Hall–Kier alpha value is -1.77. The third-order valence-corrected chi connectivity index (χ3v) is 7.28. The van der Waals surface area contributed by atoms with Crippen LogP contribution in [0.3, 0.4) is 0 Å². The number of carbonyl (C=O) groups is 1. The van der Waals surface area contributed by atoms with E-state index >= 15 is 0 Å². The second-order valence-corrected chi connectivity index (χ2v) is 9.80. The number of piperidine rings is 1. The van der Waals surface area contributed by atoms with Crippen molar-refractivity contribution in [2.45, 2.75) is 24.3 Å². The average Bonchev–Trinajstić information content (AvgIpc) is 2.71. The number of hydrogen-bond donors (Lipinski definition) is 0.